The van der Waals surface area contributed by atoms with Crippen LogP contribution in [0.25, 0.3) is 0 Å². The lowest BCUT2D eigenvalue weighted by molar-refractivity contribution is 0.170. The molecule has 3 heteroatoms. The Hall–Kier alpha value is -0.800. The van der Waals surface area contributed by atoms with Gasteiger partial charge in [-0.1, -0.05) is 6.92 Å². The average Bonchev–Trinajstić information content (AvgIpc) is 2.76. The van der Waals surface area contributed by atoms with Crippen LogP contribution in [0.3, 0.4) is 0 Å². The van der Waals surface area contributed by atoms with Crippen molar-refractivity contribution in [3.63, 3.8) is 0 Å². The molecule has 2 heterocycles. The van der Waals surface area contributed by atoms with Gasteiger partial charge in [0.1, 0.15) is 11.5 Å². The second-order valence-corrected chi connectivity index (χ2v) is 5.84. The van der Waals surface area contributed by atoms with E-state index in [1.807, 2.05) is 0 Å². The van der Waals surface area contributed by atoms with Gasteiger partial charge in [0.15, 0.2) is 0 Å². The van der Waals surface area contributed by atoms with Gasteiger partial charge in [0.2, 0.25) is 0 Å². The zero-order valence-electron chi connectivity index (χ0n) is 10.7. The molecule has 0 bridgehead atoms. The molecule has 1 aliphatic carbocycles. The van der Waals surface area contributed by atoms with E-state index in [0.29, 0.717) is 5.92 Å². The maximum atomic E-state index is 5.88. The number of ether oxygens (including phenoxy) is 1. The van der Waals surface area contributed by atoms with E-state index in [1.165, 1.54) is 12.2 Å². The Kier molecular flexibility index (Phi) is 2.75. The molecule has 3 rings (SSSR count). The standard InChI is InChI=1S/C14H21NO2/c1-10-7-12(10)13-4-3-11(17-13)8-15-14(2)5-6-16-9-14/h3-4,10,12,15H,5-9H2,1-2H3. The Labute approximate surface area is 103 Å². The fraction of sp³-hybridized carbons (Fsp3) is 0.714. The van der Waals surface area contributed by atoms with E-state index in [-0.39, 0.29) is 5.54 Å². The first-order chi connectivity index (χ1) is 8.16. The van der Waals surface area contributed by atoms with Gasteiger partial charge in [-0.3, -0.25) is 0 Å². The van der Waals surface area contributed by atoms with Crippen molar-refractivity contribution in [2.75, 3.05) is 13.2 Å². The van der Waals surface area contributed by atoms with E-state index in [0.717, 1.165) is 37.9 Å². The quantitative estimate of drug-likeness (QED) is 0.871. The Bertz CT molecular complexity index is 393. The first-order valence-electron chi connectivity index (χ1n) is 6.58. The molecule has 0 spiro atoms. The second-order valence-electron chi connectivity index (χ2n) is 5.84. The van der Waals surface area contributed by atoms with Gasteiger partial charge in [-0.2, -0.15) is 0 Å². The van der Waals surface area contributed by atoms with Crippen molar-refractivity contribution < 1.29 is 9.15 Å². The molecular formula is C14H21NO2. The molecule has 1 saturated carbocycles. The summed E-state index contributed by atoms with van der Waals surface area (Å²) in [5.41, 5.74) is 0.125. The fourth-order valence-corrected chi connectivity index (χ4v) is 2.51. The van der Waals surface area contributed by atoms with Gasteiger partial charge < -0.3 is 14.5 Å². The van der Waals surface area contributed by atoms with Crippen LogP contribution < -0.4 is 5.32 Å². The summed E-state index contributed by atoms with van der Waals surface area (Å²) >= 11 is 0. The van der Waals surface area contributed by atoms with Crippen molar-refractivity contribution in [3.8, 4) is 0 Å². The summed E-state index contributed by atoms with van der Waals surface area (Å²) in [4.78, 5) is 0. The molecule has 0 amide bonds. The van der Waals surface area contributed by atoms with E-state index >= 15 is 0 Å². The van der Waals surface area contributed by atoms with Crippen LogP contribution in [-0.2, 0) is 11.3 Å². The maximum Gasteiger partial charge on any atom is 0.117 e. The summed E-state index contributed by atoms with van der Waals surface area (Å²) in [5.74, 6) is 3.70. The monoisotopic (exact) mass is 235 g/mol. The molecule has 3 atom stereocenters. The van der Waals surface area contributed by atoms with Gasteiger partial charge in [-0.05, 0) is 37.8 Å². The van der Waals surface area contributed by atoms with Crippen molar-refractivity contribution in [1.82, 2.24) is 5.32 Å². The van der Waals surface area contributed by atoms with E-state index in [9.17, 15) is 0 Å². The SMILES string of the molecule is CC1CC1c1ccc(CNC2(C)CCOC2)o1. The number of furan rings is 1. The molecule has 1 saturated heterocycles. The summed E-state index contributed by atoms with van der Waals surface area (Å²) in [7, 11) is 0. The molecule has 1 aromatic rings. The first-order valence-corrected chi connectivity index (χ1v) is 6.58. The van der Waals surface area contributed by atoms with Gasteiger partial charge in [-0.15, -0.1) is 0 Å². The van der Waals surface area contributed by atoms with Crippen LogP contribution in [0.4, 0.5) is 0 Å². The molecular weight excluding hydrogens is 214 g/mol. The Balaban J connectivity index is 1.56. The highest BCUT2D eigenvalue weighted by Crippen LogP contribution is 2.47. The Morgan fingerprint density at radius 3 is 2.94 bits per heavy atom. The third kappa shape index (κ3) is 2.40. The second kappa shape index (κ2) is 4.14. The highest BCUT2D eigenvalue weighted by atomic mass is 16.5. The minimum Gasteiger partial charge on any atom is -0.464 e. The molecule has 2 fully saturated rings. The molecule has 2 aliphatic rings. The number of rotatable bonds is 4. The summed E-state index contributed by atoms with van der Waals surface area (Å²) in [6.07, 6.45) is 2.37. The third-order valence-corrected chi connectivity index (χ3v) is 4.07. The maximum absolute atomic E-state index is 5.88. The summed E-state index contributed by atoms with van der Waals surface area (Å²) in [5, 5.41) is 3.54. The van der Waals surface area contributed by atoms with Crippen LogP contribution in [0.1, 0.15) is 44.1 Å². The largest absolute Gasteiger partial charge is 0.464 e. The van der Waals surface area contributed by atoms with Crippen LogP contribution in [0.15, 0.2) is 16.5 Å². The lowest BCUT2D eigenvalue weighted by atomic mass is 10.0. The number of nitrogens with one attached hydrogen (secondary N) is 1. The Morgan fingerprint density at radius 1 is 1.47 bits per heavy atom. The molecule has 0 aromatic carbocycles. The summed E-state index contributed by atoms with van der Waals surface area (Å²) < 4.78 is 11.3. The number of hydrogen-bond acceptors (Lipinski definition) is 3. The normalized spacial score (nSPS) is 36.4. The molecule has 1 aliphatic heterocycles. The zero-order chi connectivity index (χ0) is 11.9. The van der Waals surface area contributed by atoms with Crippen molar-refractivity contribution >= 4 is 0 Å². The van der Waals surface area contributed by atoms with Crippen LogP contribution in [0.2, 0.25) is 0 Å². The molecule has 1 aromatic heterocycles. The fourth-order valence-electron chi connectivity index (χ4n) is 2.51. The molecule has 3 unspecified atom stereocenters. The highest BCUT2D eigenvalue weighted by Gasteiger charge is 2.36. The van der Waals surface area contributed by atoms with Crippen LogP contribution in [0.5, 0.6) is 0 Å². The highest BCUT2D eigenvalue weighted by molar-refractivity contribution is 5.17. The predicted molar refractivity (Wildman–Crippen MR) is 65.9 cm³/mol. The van der Waals surface area contributed by atoms with Gasteiger partial charge >= 0.3 is 0 Å². The van der Waals surface area contributed by atoms with Crippen LogP contribution >= 0.6 is 0 Å². The van der Waals surface area contributed by atoms with E-state index in [2.05, 4.69) is 31.3 Å². The molecule has 94 valence electrons. The topological polar surface area (TPSA) is 34.4 Å². The van der Waals surface area contributed by atoms with Gasteiger partial charge in [0, 0.05) is 18.1 Å². The van der Waals surface area contributed by atoms with Crippen molar-refractivity contribution in [2.24, 2.45) is 5.92 Å². The predicted octanol–water partition coefficient (Wildman–Crippen LogP) is 2.67. The van der Waals surface area contributed by atoms with Crippen molar-refractivity contribution in [2.45, 2.75) is 44.7 Å². The zero-order valence-corrected chi connectivity index (χ0v) is 10.7. The summed E-state index contributed by atoms with van der Waals surface area (Å²) in [6, 6.07) is 4.24. The van der Waals surface area contributed by atoms with E-state index in [1.54, 1.807) is 0 Å². The smallest absolute Gasteiger partial charge is 0.117 e. The average molecular weight is 235 g/mol. The van der Waals surface area contributed by atoms with Crippen LogP contribution in [0, 0.1) is 5.92 Å². The third-order valence-electron chi connectivity index (χ3n) is 4.07. The first kappa shape index (κ1) is 11.3. The number of hydrogen-bond donors (Lipinski definition) is 1. The molecule has 0 radical (unpaired) electrons. The minimum absolute atomic E-state index is 0.125. The van der Waals surface area contributed by atoms with Gasteiger partial charge in [0.05, 0.1) is 13.2 Å². The van der Waals surface area contributed by atoms with Crippen LogP contribution in [-0.4, -0.2) is 18.8 Å². The van der Waals surface area contributed by atoms with Crippen molar-refractivity contribution in [3.05, 3.63) is 23.7 Å². The van der Waals surface area contributed by atoms with Gasteiger partial charge in [0.25, 0.3) is 0 Å². The lowest BCUT2D eigenvalue weighted by Crippen LogP contribution is -2.42. The lowest BCUT2D eigenvalue weighted by Gasteiger charge is -2.22. The molecule has 1 N–H and O–H groups in total. The summed E-state index contributed by atoms with van der Waals surface area (Å²) in [6.45, 7) is 6.97. The minimum atomic E-state index is 0.125. The van der Waals surface area contributed by atoms with Gasteiger partial charge in [-0.25, -0.2) is 0 Å². The molecule has 17 heavy (non-hydrogen) atoms. The Morgan fingerprint density at radius 2 is 2.29 bits per heavy atom. The van der Waals surface area contributed by atoms with E-state index in [4.69, 9.17) is 9.15 Å². The molecule has 3 nitrogen and oxygen atoms in total. The van der Waals surface area contributed by atoms with Crippen molar-refractivity contribution in [1.29, 1.82) is 0 Å². The van der Waals surface area contributed by atoms with E-state index < -0.39 is 0 Å².